The van der Waals surface area contributed by atoms with Crippen LogP contribution in [0.2, 0.25) is 0 Å². The van der Waals surface area contributed by atoms with Crippen LogP contribution in [0.1, 0.15) is 11.1 Å². The lowest BCUT2D eigenvalue weighted by Gasteiger charge is -2.01. The van der Waals surface area contributed by atoms with Crippen LogP contribution in [0.5, 0.6) is 0 Å². The van der Waals surface area contributed by atoms with Gasteiger partial charge >= 0.3 is 0 Å². The topological polar surface area (TPSA) is 12.0 Å². The molecule has 0 unspecified atom stereocenters. The molecule has 0 aliphatic carbocycles. The smallest absolute Gasteiger partial charge is 0.127 e. The normalized spacial score (nSPS) is 9.25. The molecule has 0 aliphatic heterocycles. The second-order valence-electron chi connectivity index (χ2n) is 2.63. The lowest BCUT2D eigenvalue weighted by Crippen LogP contribution is -2.06. The van der Waals surface area contributed by atoms with Gasteiger partial charge in [0.15, 0.2) is 0 Å². The molecule has 0 atom stereocenters. The molecule has 3 heteroatoms. The molecule has 1 N–H and O–H groups in total. The van der Waals surface area contributed by atoms with Crippen LogP contribution in [0.3, 0.4) is 0 Å². The van der Waals surface area contributed by atoms with Crippen molar-refractivity contribution in [1.29, 1.82) is 0 Å². The highest BCUT2D eigenvalue weighted by molar-refractivity contribution is 5.85. The molecule has 0 fully saturated rings. The van der Waals surface area contributed by atoms with E-state index in [9.17, 15) is 4.39 Å². The minimum Gasteiger partial charge on any atom is -0.316 e. The van der Waals surface area contributed by atoms with Crippen molar-refractivity contribution in [3.05, 3.63) is 35.1 Å². The van der Waals surface area contributed by atoms with Gasteiger partial charge in [0.2, 0.25) is 0 Å². The summed E-state index contributed by atoms with van der Waals surface area (Å²) in [5.74, 6) is -0.126. The lowest BCUT2D eigenvalue weighted by molar-refractivity contribution is 0.600. The summed E-state index contributed by atoms with van der Waals surface area (Å²) in [6.45, 7) is 2.47. The average Bonchev–Trinajstić information content (AvgIpc) is 1.95. The molecule has 0 aliphatic rings. The van der Waals surface area contributed by atoms with Gasteiger partial charge in [0.25, 0.3) is 0 Å². The summed E-state index contributed by atoms with van der Waals surface area (Å²) < 4.78 is 13.0. The first-order valence-electron chi connectivity index (χ1n) is 3.63. The van der Waals surface area contributed by atoms with Crippen LogP contribution < -0.4 is 5.32 Å². The number of rotatable bonds is 2. The summed E-state index contributed by atoms with van der Waals surface area (Å²) in [4.78, 5) is 0. The third kappa shape index (κ3) is 2.80. The van der Waals surface area contributed by atoms with Gasteiger partial charge in [-0.05, 0) is 25.6 Å². The van der Waals surface area contributed by atoms with Crippen molar-refractivity contribution in [2.75, 3.05) is 7.05 Å². The Morgan fingerprint density at radius 2 is 2.08 bits per heavy atom. The Balaban J connectivity index is 0.00000121. The summed E-state index contributed by atoms with van der Waals surface area (Å²) in [6, 6.07) is 5.27. The molecule has 0 heterocycles. The molecule has 0 spiro atoms. The molecule has 0 bridgehead atoms. The van der Waals surface area contributed by atoms with Gasteiger partial charge in [-0.15, -0.1) is 12.4 Å². The minimum atomic E-state index is -0.126. The number of nitrogens with one attached hydrogen (secondary N) is 1. The maximum Gasteiger partial charge on any atom is 0.127 e. The second-order valence-corrected chi connectivity index (χ2v) is 2.63. The zero-order valence-electron chi connectivity index (χ0n) is 7.23. The van der Waals surface area contributed by atoms with Crippen molar-refractivity contribution >= 4 is 12.4 Å². The fourth-order valence-corrected chi connectivity index (χ4v) is 0.986. The molecular formula is C9H13ClFN. The maximum atomic E-state index is 13.0. The number of benzene rings is 1. The van der Waals surface area contributed by atoms with E-state index >= 15 is 0 Å². The molecule has 1 rings (SSSR count). The Morgan fingerprint density at radius 1 is 1.42 bits per heavy atom. The number of hydrogen-bond donors (Lipinski definition) is 1. The molecule has 0 saturated heterocycles. The van der Waals surface area contributed by atoms with Crippen LogP contribution in [0.15, 0.2) is 18.2 Å². The highest BCUT2D eigenvalue weighted by Gasteiger charge is 1.98. The Morgan fingerprint density at radius 3 is 2.58 bits per heavy atom. The van der Waals surface area contributed by atoms with Crippen molar-refractivity contribution < 1.29 is 4.39 Å². The van der Waals surface area contributed by atoms with Crippen molar-refractivity contribution in [2.45, 2.75) is 13.5 Å². The van der Waals surface area contributed by atoms with E-state index in [1.807, 2.05) is 13.0 Å². The number of halogens is 2. The third-order valence-corrected chi connectivity index (χ3v) is 1.58. The van der Waals surface area contributed by atoms with Crippen LogP contribution in [-0.4, -0.2) is 7.05 Å². The van der Waals surface area contributed by atoms with Crippen LogP contribution >= 0.6 is 12.4 Å². The number of hydrogen-bond acceptors (Lipinski definition) is 1. The van der Waals surface area contributed by atoms with Gasteiger partial charge in [0.05, 0.1) is 0 Å². The fourth-order valence-electron chi connectivity index (χ4n) is 0.986. The Labute approximate surface area is 78.4 Å². The second kappa shape index (κ2) is 5.12. The molecule has 68 valence electrons. The van der Waals surface area contributed by atoms with E-state index in [0.29, 0.717) is 6.54 Å². The molecule has 0 aromatic heterocycles. The summed E-state index contributed by atoms with van der Waals surface area (Å²) in [5.41, 5.74) is 1.68. The average molecular weight is 190 g/mol. The standard InChI is InChI=1S/C9H12FN.ClH/c1-7-3-4-8(6-11-2)9(10)5-7;/h3-5,11H,6H2,1-2H3;1H. The van der Waals surface area contributed by atoms with Crippen LogP contribution in [0.4, 0.5) is 4.39 Å². The first-order valence-corrected chi connectivity index (χ1v) is 3.63. The molecule has 1 nitrogen and oxygen atoms in total. The van der Waals surface area contributed by atoms with E-state index in [1.54, 1.807) is 19.2 Å². The van der Waals surface area contributed by atoms with Gasteiger partial charge in [-0.1, -0.05) is 12.1 Å². The summed E-state index contributed by atoms with van der Waals surface area (Å²) in [7, 11) is 1.80. The number of aryl methyl sites for hydroxylation is 1. The summed E-state index contributed by atoms with van der Waals surface area (Å²) >= 11 is 0. The highest BCUT2D eigenvalue weighted by atomic mass is 35.5. The Kier molecular flexibility index (Phi) is 4.86. The van der Waals surface area contributed by atoms with Crippen molar-refractivity contribution in [1.82, 2.24) is 5.32 Å². The zero-order valence-corrected chi connectivity index (χ0v) is 8.04. The van der Waals surface area contributed by atoms with E-state index in [1.165, 1.54) is 0 Å². The predicted octanol–water partition coefficient (Wildman–Crippen LogP) is 2.28. The van der Waals surface area contributed by atoms with Crippen molar-refractivity contribution in [3.63, 3.8) is 0 Å². The predicted molar refractivity (Wildman–Crippen MR) is 51.1 cm³/mol. The molecule has 12 heavy (non-hydrogen) atoms. The largest absolute Gasteiger partial charge is 0.316 e. The molecule has 0 amide bonds. The zero-order chi connectivity index (χ0) is 8.27. The molecule has 0 saturated carbocycles. The van der Waals surface area contributed by atoms with E-state index in [-0.39, 0.29) is 18.2 Å². The van der Waals surface area contributed by atoms with Crippen molar-refractivity contribution in [3.8, 4) is 0 Å². The van der Waals surface area contributed by atoms with Gasteiger partial charge in [-0.2, -0.15) is 0 Å². The van der Waals surface area contributed by atoms with Crippen LogP contribution in [-0.2, 0) is 6.54 Å². The minimum absolute atomic E-state index is 0. The van der Waals surface area contributed by atoms with E-state index in [4.69, 9.17) is 0 Å². The summed E-state index contributed by atoms with van der Waals surface area (Å²) in [5, 5.41) is 2.90. The highest BCUT2D eigenvalue weighted by Crippen LogP contribution is 2.08. The van der Waals surface area contributed by atoms with E-state index in [0.717, 1.165) is 11.1 Å². The van der Waals surface area contributed by atoms with Gasteiger partial charge in [-0.3, -0.25) is 0 Å². The van der Waals surface area contributed by atoms with Gasteiger partial charge in [-0.25, -0.2) is 4.39 Å². The van der Waals surface area contributed by atoms with Gasteiger partial charge in [0, 0.05) is 12.1 Å². The van der Waals surface area contributed by atoms with Crippen LogP contribution in [0, 0.1) is 12.7 Å². The Hall–Kier alpha value is -0.600. The quantitative estimate of drug-likeness (QED) is 0.753. The van der Waals surface area contributed by atoms with Crippen LogP contribution in [0.25, 0.3) is 0 Å². The molecule has 1 aromatic carbocycles. The van der Waals surface area contributed by atoms with Gasteiger partial charge in [0.1, 0.15) is 5.82 Å². The van der Waals surface area contributed by atoms with E-state index < -0.39 is 0 Å². The maximum absolute atomic E-state index is 13.0. The first-order chi connectivity index (χ1) is 5.24. The lowest BCUT2D eigenvalue weighted by atomic mass is 10.1. The first kappa shape index (κ1) is 11.4. The van der Waals surface area contributed by atoms with Crippen molar-refractivity contribution in [2.24, 2.45) is 0 Å². The van der Waals surface area contributed by atoms with E-state index in [2.05, 4.69) is 5.32 Å². The molecule has 0 radical (unpaired) electrons. The molecule has 1 aromatic rings. The third-order valence-electron chi connectivity index (χ3n) is 1.58. The fraction of sp³-hybridized carbons (Fsp3) is 0.333. The Bertz CT molecular complexity index is 250. The SMILES string of the molecule is CNCc1ccc(C)cc1F.Cl. The monoisotopic (exact) mass is 189 g/mol. The van der Waals surface area contributed by atoms with Gasteiger partial charge < -0.3 is 5.32 Å². The molecular weight excluding hydrogens is 177 g/mol. The summed E-state index contributed by atoms with van der Waals surface area (Å²) in [6.07, 6.45) is 0.